The third-order valence-corrected chi connectivity index (χ3v) is 3.97. The molecule has 0 unspecified atom stereocenters. The standard InChI is InChI=1S/C18H15N3O2/c1-22-16-9-8-13-10-14(12-6-4-3-5-7-12)21-15(11-19-20-21)17(13)18(16)23-2/h3-11H,1-2H3. The van der Waals surface area contributed by atoms with Crippen molar-refractivity contribution in [2.45, 2.75) is 0 Å². The number of fused-ring (bicyclic) bond motifs is 3. The van der Waals surface area contributed by atoms with E-state index in [1.54, 1.807) is 20.4 Å². The van der Waals surface area contributed by atoms with Crippen molar-refractivity contribution in [3.63, 3.8) is 0 Å². The predicted octanol–water partition coefficient (Wildman–Crippen LogP) is 3.57. The largest absolute Gasteiger partial charge is 0.493 e. The molecule has 2 heterocycles. The second-order valence-corrected chi connectivity index (χ2v) is 5.19. The van der Waals surface area contributed by atoms with E-state index >= 15 is 0 Å². The molecule has 114 valence electrons. The Kier molecular flexibility index (Phi) is 3.12. The van der Waals surface area contributed by atoms with Gasteiger partial charge in [0.15, 0.2) is 11.5 Å². The molecule has 0 aliphatic carbocycles. The highest BCUT2D eigenvalue weighted by atomic mass is 16.5. The van der Waals surface area contributed by atoms with E-state index in [2.05, 4.69) is 28.5 Å². The van der Waals surface area contributed by atoms with Gasteiger partial charge in [-0.25, -0.2) is 4.52 Å². The molecule has 4 rings (SSSR count). The topological polar surface area (TPSA) is 48.7 Å². The van der Waals surface area contributed by atoms with Crippen LogP contribution in [-0.4, -0.2) is 29.0 Å². The summed E-state index contributed by atoms with van der Waals surface area (Å²) < 4.78 is 12.8. The maximum atomic E-state index is 5.58. The number of ether oxygens (including phenoxy) is 2. The molecule has 0 saturated heterocycles. The van der Waals surface area contributed by atoms with E-state index in [4.69, 9.17) is 9.47 Å². The van der Waals surface area contributed by atoms with Gasteiger partial charge in [-0.15, -0.1) is 5.10 Å². The van der Waals surface area contributed by atoms with Gasteiger partial charge in [0.2, 0.25) is 0 Å². The highest BCUT2D eigenvalue weighted by molar-refractivity contribution is 6.03. The van der Waals surface area contributed by atoms with Gasteiger partial charge in [-0.2, -0.15) is 0 Å². The van der Waals surface area contributed by atoms with Crippen molar-refractivity contribution >= 4 is 16.3 Å². The first-order valence-corrected chi connectivity index (χ1v) is 7.27. The Labute approximate surface area is 133 Å². The van der Waals surface area contributed by atoms with Crippen LogP contribution >= 0.6 is 0 Å². The third kappa shape index (κ3) is 2.01. The summed E-state index contributed by atoms with van der Waals surface area (Å²) in [6.45, 7) is 0. The Hall–Kier alpha value is -3.08. The molecule has 0 aliphatic rings. The molecule has 2 aromatic carbocycles. The summed E-state index contributed by atoms with van der Waals surface area (Å²) in [6, 6.07) is 16.2. The zero-order valence-electron chi connectivity index (χ0n) is 12.9. The SMILES string of the molecule is COc1ccc2cc(-c3ccccc3)n3nncc3c2c1OC. The van der Waals surface area contributed by atoms with Gasteiger partial charge in [-0.1, -0.05) is 41.6 Å². The van der Waals surface area contributed by atoms with E-state index in [1.807, 2.05) is 34.8 Å². The van der Waals surface area contributed by atoms with Crippen LogP contribution in [0.3, 0.4) is 0 Å². The third-order valence-electron chi connectivity index (χ3n) is 3.97. The number of nitrogens with zero attached hydrogens (tertiary/aromatic N) is 3. The van der Waals surface area contributed by atoms with Crippen LogP contribution < -0.4 is 9.47 Å². The highest BCUT2D eigenvalue weighted by Gasteiger charge is 2.16. The van der Waals surface area contributed by atoms with E-state index in [0.717, 1.165) is 27.5 Å². The normalized spacial score (nSPS) is 11.0. The number of rotatable bonds is 3. The van der Waals surface area contributed by atoms with Gasteiger partial charge in [-0.05, 0) is 17.5 Å². The monoisotopic (exact) mass is 305 g/mol. The lowest BCUT2D eigenvalue weighted by Gasteiger charge is -2.13. The Balaban J connectivity index is 2.14. The summed E-state index contributed by atoms with van der Waals surface area (Å²) >= 11 is 0. The quantitative estimate of drug-likeness (QED) is 0.580. The van der Waals surface area contributed by atoms with Crippen LogP contribution in [0.2, 0.25) is 0 Å². The van der Waals surface area contributed by atoms with Crippen LogP contribution in [0.5, 0.6) is 11.5 Å². The van der Waals surface area contributed by atoms with Gasteiger partial charge in [0.1, 0.15) is 0 Å². The molecule has 0 N–H and O–H groups in total. The average molecular weight is 305 g/mol. The summed E-state index contributed by atoms with van der Waals surface area (Å²) in [5.41, 5.74) is 2.95. The second kappa shape index (κ2) is 5.28. The van der Waals surface area contributed by atoms with Gasteiger partial charge in [0.25, 0.3) is 0 Å². The minimum absolute atomic E-state index is 0.690. The molecule has 0 fully saturated rings. The molecule has 0 radical (unpaired) electrons. The number of benzene rings is 2. The molecule has 0 atom stereocenters. The van der Waals surface area contributed by atoms with Crippen LogP contribution in [-0.2, 0) is 0 Å². The first kappa shape index (κ1) is 13.6. The van der Waals surface area contributed by atoms with E-state index in [-0.39, 0.29) is 0 Å². The van der Waals surface area contributed by atoms with E-state index in [9.17, 15) is 0 Å². The van der Waals surface area contributed by atoms with Crippen LogP contribution in [0, 0.1) is 0 Å². The fraction of sp³-hybridized carbons (Fsp3) is 0.111. The second-order valence-electron chi connectivity index (χ2n) is 5.19. The highest BCUT2D eigenvalue weighted by Crippen LogP contribution is 2.39. The van der Waals surface area contributed by atoms with Gasteiger partial charge in [0, 0.05) is 5.56 Å². The molecule has 5 nitrogen and oxygen atoms in total. The lowest BCUT2D eigenvalue weighted by molar-refractivity contribution is 0.358. The maximum Gasteiger partial charge on any atom is 0.170 e. The molecule has 2 aromatic heterocycles. The number of hydrogen-bond acceptors (Lipinski definition) is 4. The molecule has 4 aromatic rings. The van der Waals surface area contributed by atoms with Gasteiger partial charge >= 0.3 is 0 Å². The maximum absolute atomic E-state index is 5.58. The van der Waals surface area contributed by atoms with Crippen molar-refractivity contribution in [3.05, 3.63) is 54.7 Å². The molecule has 0 saturated carbocycles. The van der Waals surface area contributed by atoms with E-state index < -0.39 is 0 Å². The summed E-state index contributed by atoms with van der Waals surface area (Å²) in [4.78, 5) is 0. The molecule has 0 aliphatic heterocycles. The van der Waals surface area contributed by atoms with Gasteiger partial charge < -0.3 is 9.47 Å². The van der Waals surface area contributed by atoms with Crippen molar-refractivity contribution in [1.82, 2.24) is 14.8 Å². The minimum atomic E-state index is 0.690. The minimum Gasteiger partial charge on any atom is -0.493 e. The van der Waals surface area contributed by atoms with Crippen LogP contribution in [0.15, 0.2) is 54.7 Å². The number of hydrogen-bond donors (Lipinski definition) is 0. The molecule has 5 heteroatoms. The summed E-state index contributed by atoms with van der Waals surface area (Å²) in [7, 11) is 3.27. The van der Waals surface area contributed by atoms with Crippen molar-refractivity contribution < 1.29 is 9.47 Å². The van der Waals surface area contributed by atoms with Crippen molar-refractivity contribution in [2.24, 2.45) is 0 Å². The van der Waals surface area contributed by atoms with Crippen LogP contribution in [0.1, 0.15) is 0 Å². The summed E-state index contributed by atoms with van der Waals surface area (Å²) in [6.07, 6.45) is 1.75. The summed E-state index contributed by atoms with van der Waals surface area (Å²) in [5.74, 6) is 1.38. The van der Waals surface area contributed by atoms with Crippen molar-refractivity contribution in [3.8, 4) is 22.8 Å². The number of pyridine rings is 1. The van der Waals surface area contributed by atoms with Gasteiger partial charge in [0.05, 0.1) is 37.0 Å². The number of aromatic nitrogens is 3. The zero-order valence-corrected chi connectivity index (χ0v) is 12.9. The Bertz CT molecular complexity index is 993. The summed E-state index contributed by atoms with van der Waals surface area (Å²) in [5, 5.41) is 10.3. The predicted molar refractivity (Wildman–Crippen MR) is 89.0 cm³/mol. The van der Waals surface area contributed by atoms with E-state index in [1.165, 1.54) is 0 Å². The Morgan fingerprint density at radius 2 is 1.78 bits per heavy atom. The molecule has 23 heavy (non-hydrogen) atoms. The van der Waals surface area contributed by atoms with Crippen LogP contribution in [0.25, 0.3) is 27.5 Å². The molecule has 0 amide bonds. The average Bonchev–Trinajstić information content (AvgIpc) is 3.10. The smallest absolute Gasteiger partial charge is 0.170 e. The first-order valence-electron chi connectivity index (χ1n) is 7.27. The Morgan fingerprint density at radius 1 is 0.957 bits per heavy atom. The molecule has 0 spiro atoms. The van der Waals surface area contributed by atoms with E-state index in [0.29, 0.717) is 11.5 Å². The molecular formula is C18H15N3O2. The fourth-order valence-corrected chi connectivity index (χ4v) is 2.93. The molecular weight excluding hydrogens is 290 g/mol. The lowest BCUT2D eigenvalue weighted by Crippen LogP contribution is -1.98. The fourth-order valence-electron chi connectivity index (χ4n) is 2.93. The zero-order chi connectivity index (χ0) is 15.8. The molecule has 0 bridgehead atoms. The lowest BCUT2D eigenvalue weighted by atomic mass is 10.0. The van der Waals surface area contributed by atoms with Crippen molar-refractivity contribution in [2.75, 3.05) is 14.2 Å². The first-order chi connectivity index (χ1) is 11.3. The van der Waals surface area contributed by atoms with Crippen molar-refractivity contribution in [1.29, 1.82) is 0 Å². The van der Waals surface area contributed by atoms with Crippen LogP contribution in [0.4, 0.5) is 0 Å². The number of methoxy groups -OCH3 is 2. The van der Waals surface area contributed by atoms with Gasteiger partial charge in [-0.3, -0.25) is 0 Å². The Morgan fingerprint density at radius 3 is 2.52 bits per heavy atom.